The summed E-state index contributed by atoms with van der Waals surface area (Å²) in [5.41, 5.74) is 5.25. The van der Waals surface area contributed by atoms with E-state index < -0.39 is 17.4 Å². The minimum atomic E-state index is -0.531. The minimum absolute atomic E-state index is 0.0557. The standard InChI is InChI=1S/C16H17N5O3/c17-13(22)10-4-3-7-21(9-10)16(24)11-8-19-14(20-15(11)23)12-5-1-2-6-18-12/h1-2,5-6,8,10H,3-4,7,9H2,(H2,17,22)(H,19,20,23)/t10-/m0/s1. The van der Waals surface area contributed by atoms with Crippen molar-refractivity contribution >= 4 is 11.8 Å². The Balaban J connectivity index is 1.83. The Morgan fingerprint density at radius 1 is 1.29 bits per heavy atom. The van der Waals surface area contributed by atoms with Gasteiger partial charge in [0.1, 0.15) is 11.3 Å². The second-order valence-corrected chi connectivity index (χ2v) is 5.68. The van der Waals surface area contributed by atoms with Crippen LogP contribution in [0.1, 0.15) is 23.2 Å². The number of nitrogens with zero attached hydrogens (tertiary/aromatic N) is 3. The molecule has 124 valence electrons. The summed E-state index contributed by atoms with van der Waals surface area (Å²) in [4.78, 5) is 48.4. The van der Waals surface area contributed by atoms with Crippen molar-refractivity contribution in [1.29, 1.82) is 0 Å². The summed E-state index contributed by atoms with van der Waals surface area (Å²) in [7, 11) is 0. The van der Waals surface area contributed by atoms with Crippen molar-refractivity contribution in [3.05, 3.63) is 46.5 Å². The Labute approximate surface area is 137 Å². The maximum absolute atomic E-state index is 12.5. The maximum atomic E-state index is 12.5. The Bertz CT molecular complexity index is 818. The number of piperidine rings is 1. The van der Waals surface area contributed by atoms with E-state index in [0.717, 1.165) is 0 Å². The number of likely N-dealkylation sites (tertiary alicyclic amines) is 1. The molecule has 2 amide bonds. The molecule has 24 heavy (non-hydrogen) atoms. The highest BCUT2D eigenvalue weighted by Crippen LogP contribution is 2.17. The monoisotopic (exact) mass is 327 g/mol. The molecule has 2 aromatic rings. The van der Waals surface area contributed by atoms with Crippen molar-refractivity contribution in [2.45, 2.75) is 12.8 Å². The first-order chi connectivity index (χ1) is 11.6. The molecule has 0 radical (unpaired) electrons. The van der Waals surface area contributed by atoms with Crippen LogP contribution < -0.4 is 11.3 Å². The van der Waals surface area contributed by atoms with Crippen LogP contribution in [0.25, 0.3) is 11.5 Å². The van der Waals surface area contributed by atoms with Gasteiger partial charge in [-0.3, -0.25) is 19.4 Å². The van der Waals surface area contributed by atoms with Gasteiger partial charge < -0.3 is 15.6 Å². The van der Waals surface area contributed by atoms with E-state index in [1.807, 2.05) is 0 Å². The first-order valence-electron chi connectivity index (χ1n) is 7.65. The fourth-order valence-electron chi connectivity index (χ4n) is 2.74. The van der Waals surface area contributed by atoms with E-state index in [1.54, 1.807) is 24.4 Å². The Kier molecular flexibility index (Phi) is 4.37. The molecule has 0 unspecified atom stereocenters. The molecule has 3 rings (SSSR count). The molecule has 1 fully saturated rings. The van der Waals surface area contributed by atoms with Crippen LogP contribution >= 0.6 is 0 Å². The number of rotatable bonds is 3. The number of H-pyrrole nitrogens is 1. The van der Waals surface area contributed by atoms with Crippen molar-refractivity contribution in [3.8, 4) is 11.5 Å². The van der Waals surface area contributed by atoms with Crippen LogP contribution in [0.2, 0.25) is 0 Å². The van der Waals surface area contributed by atoms with Gasteiger partial charge in [0.25, 0.3) is 11.5 Å². The number of primary amides is 1. The molecule has 0 bridgehead atoms. The zero-order valence-corrected chi connectivity index (χ0v) is 12.9. The molecule has 8 nitrogen and oxygen atoms in total. The smallest absolute Gasteiger partial charge is 0.264 e. The average Bonchev–Trinajstić information content (AvgIpc) is 2.62. The van der Waals surface area contributed by atoms with Gasteiger partial charge in [0.15, 0.2) is 5.82 Å². The molecule has 0 saturated carbocycles. The highest BCUT2D eigenvalue weighted by molar-refractivity contribution is 5.94. The normalized spacial score (nSPS) is 17.5. The van der Waals surface area contributed by atoms with Crippen LogP contribution in [0, 0.1) is 5.92 Å². The molecular formula is C16H17N5O3. The molecule has 1 aliphatic rings. The maximum Gasteiger partial charge on any atom is 0.264 e. The van der Waals surface area contributed by atoms with Crippen LogP contribution in [0.3, 0.4) is 0 Å². The van der Waals surface area contributed by atoms with Crippen molar-refractivity contribution in [1.82, 2.24) is 19.9 Å². The fraction of sp³-hybridized carbons (Fsp3) is 0.312. The number of nitrogens with one attached hydrogen (secondary N) is 1. The molecule has 0 aromatic carbocycles. The van der Waals surface area contributed by atoms with Crippen LogP contribution in [-0.4, -0.2) is 44.8 Å². The number of aromatic amines is 1. The van der Waals surface area contributed by atoms with Crippen molar-refractivity contribution in [2.75, 3.05) is 13.1 Å². The van der Waals surface area contributed by atoms with Crippen LogP contribution in [-0.2, 0) is 4.79 Å². The lowest BCUT2D eigenvalue weighted by Crippen LogP contribution is -2.45. The number of pyridine rings is 1. The predicted octanol–water partition coefficient (Wildman–Crippen LogP) is 0.169. The summed E-state index contributed by atoms with van der Waals surface area (Å²) in [6.07, 6.45) is 4.17. The van der Waals surface area contributed by atoms with E-state index in [0.29, 0.717) is 30.9 Å². The summed E-state index contributed by atoms with van der Waals surface area (Å²) in [6.45, 7) is 0.722. The lowest BCUT2D eigenvalue weighted by Gasteiger charge is -2.30. The summed E-state index contributed by atoms with van der Waals surface area (Å²) in [6, 6.07) is 5.24. The third kappa shape index (κ3) is 3.17. The third-order valence-corrected chi connectivity index (χ3v) is 4.05. The van der Waals surface area contributed by atoms with Crippen LogP contribution in [0.4, 0.5) is 0 Å². The zero-order valence-electron chi connectivity index (χ0n) is 12.9. The van der Waals surface area contributed by atoms with Gasteiger partial charge in [-0.1, -0.05) is 6.07 Å². The van der Waals surface area contributed by atoms with Gasteiger partial charge in [0.05, 0.1) is 5.92 Å². The number of aromatic nitrogens is 3. The second kappa shape index (κ2) is 6.61. The highest BCUT2D eigenvalue weighted by atomic mass is 16.2. The molecule has 1 atom stereocenters. The van der Waals surface area contributed by atoms with E-state index >= 15 is 0 Å². The van der Waals surface area contributed by atoms with Gasteiger partial charge in [-0.2, -0.15) is 0 Å². The van der Waals surface area contributed by atoms with Crippen LogP contribution in [0.5, 0.6) is 0 Å². The number of amides is 2. The third-order valence-electron chi connectivity index (χ3n) is 4.05. The lowest BCUT2D eigenvalue weighted by molar-refractivity contribution is -0.123. The first kappa shape index (κ1) is 15.9. The van der Waals surface area contributed by atoms with E-state index in [1.165, 1.54) is 11.1 Å². The molecule has 1 aliphatic heterocycles. The summed E-state index contributed by atoms with van der Waals surface area (Å²) < 4.78 is 0. The van der Waals surface area contributed by atoms with Gasteiger partial charge in [-0.15, -0.1) is 0 Å². The van der Waals surface area contributed by atoms with E-state index in [2.05, 4.69) is 15.0 Å². The molecule has 3 N–H and O–H groups in total. The molecule has 8 heteroatoms. The van der Waals surface area contributed by atoms with E-state index in [4.69, 9.17) is 5.73 Å². The van der Waals surface area contributed by atoms with Crippen molar-refractivity contribution in [2.24, 2.45) is 11.7 Å². The molecular weight excluding hydrogens is 310 g/mol. The molecule has 0 aliphatic carbocycles. The van der Waals surface area contributed by atoms with Gasteiger partial charge >= 0.3 is 0 Å². The van der Waals surface area contributed by atoms with Gasteiger partial charge in [-0.05, 0) is 25.0 Å². The second-order valence-electron chi connectivity index (χ2n) is 5.68. The van der Waals surface area contributed by atoms with E-state index in [9.17, 15) is 14.4 Å². The number of hydrogen-bond donors (Lipinski definition) is 2. The lowest BCUT2D eigenvalue weighted by atomic mass is 9.97. The van der Waals surface area contributed by atoms with Crippen LogP contribution in [0.15, 0.2) is 35.4 Å². The molecule has 0 spiro atoms. The number of carbonyl (C=O) groups is 2. The van der Waals surface area contributed by atoms with Gasteiger partial charge in [0.2, 0.25) is 5.91 Å². The summed E-state index contributed by atoms with van der Waals surface area (Å²) >= 11 is 0. The quantitative estimate of drug-likeness (QED) is 0.832. The highest BCUT2D eigenvalue weighted by Gasteiger charge is 2.28. The Morgan fingerprint density at radius 3 is 2.79 bits per heavy atom. The van der Waals surface area contributed by atoms with Gasteiger partial charge in [0, 0.05) is 25.5 Å². The Morgan fingerprint density at radius 2 is 2.12 bits per heavy atom. The number of carbonyl (C=O) groups excluding carboxylic acids is 2. The molecule has 2 aromatic heterocycles. The fourth-order valence-corrected chi connectivity index (χ4v) is 2.74. The summed E-state index contributed by atoms with van der Waals surface area (Å²) in [5, 5.41) is 0. The number of hydrogen-bond acceptors (Lipinski definition) is 5. The zero-order chi connectivity index (χ0) is 17.1. The van der Waals surface area contributed by atoms with Crippen molar-refractivity contribution in [3.63, 3.8) is 0 Å². The van der Waals surface area contributed by atoms with Crippen molar-refractivity contribution < 1.29 is 9.59 Å². The molecule has 3 heterocycles. The minimum Gasteiger partial charge on any atom is -0.369 e. The first-order valence-corrected chi connectivity index (χ1v) is 7.65. The SMILES string of the molecule is NC(=O)[C@H]1CCCN(C(=O)c2cnc(-c3ccccn3)[nH]c2=O)C1. The largest absolute Gasteiger partial charge is 0.369 e. The average molecular weight is 327 g/mol. The Hall–Kier alpha value is -3.03. The summed E-state index contributed by atoms with van der Waals surface area (Å²) in [5.74, 6) is -0.944. The number of nitrogens with two attached hydrogens (primary N) is 1. The molecule has 1 saturated heterocycles. The van der Waals surface area contributed by atoms with Gasteiger partial charge in [-0.25, -0.2) is 4.98 Å². The topological polar surface area (TPSA) is 122 Å². The predicted molar refractivity (Wildman–Crippen MR) is 85.9 cm³/mol. The van der Waals surface area contributed by atoms with E-state index in [-0.39, 0.29) is 18.0 Å².